The standard InChI is InChI=1S/C58H37N3/c1-3-18-38(19-4-1)39-34-36-41(37-35-39)55-59-56(47-27-10-7-22-42(47)40-20-5-2-6-21-40)61-57(60-55)49-29-17-33-53-54(49)48-28-13-16-32-52(48)58(53)50-30-14-11-25-45(50)43-23-8-9-24-44(43)46-26-12-15-31-51(46)58/h1-37H. The molecule has 0 saturated heterocycles. The van der Waals surface area contributed by atoms with Crippen molar-refractivity contribution in [3.8, 4) is 89.8 Å². The smallest absolute Gasteiger partial charge is 0.164 e. The van der Waals surface area contributed by atoms with Gasteiger partial charge in [0.05, 0.1) is 5.41 Å². The second-order valence-electron chi connectivity index (χ2n) is 15.8. The Bertz CT molecular complexity index is 3230. The van der Waals surface area contributed by atoms with E-state index in [1.54, 1.807) is 0 Å². The second-order valence-corrected chi connectivity index (χ2v) is 15.8. The molecule has 3 heteroatoms. The highest BCUT2D eigenvalue weighted by Gasteiger charge is 2.50. The molecular weight excluding hydrogens is 739 g/mol. The van der Waals surface area contributed by atoms with Gasteiger partial charge < -0.3 is 0 Å². The zero-order valence-electron chi connectivity index (χ0n) is 33.2. The summed E-state index contributed by atoms with van der Waals surface area (Å²) >= 11 is 0. The van der Waals surface area contributed by atoms with Crippen LogP contribution >= 0.6 is 0 Å². The summed E-state index contributed by atoms with van der Waals surface area (Å²) < 4.78 is 0. The molecule has 61 heavy (non-hydrogen) atoms. The molecule has 0 bridgehead atoms. The van der Waals surface area contributed by atoms with Crippen LogP contribution in [-0.4, -0.2) is 15.0 Å². The van der Waals surface area contributed by atoms with Crippen molar-refractivity contribution in [2.75, 3.05) is 0 Å². The number of fused-ring (bicyclic) bond motifs is 12. The minimum Gasteiger partial charge on any atom is -0.208 e. The minimum atomic E-state index is -0.611. The Morgan fingerprint density at radius 2 is 0.590 bits per heavy atom. The highest BCUT2D eigenvalue weighted by Crippen LogP contribution is 2.62. The van der Waals surface area contributed by atoms with E-state index in [1.807, 2.05) is 6.07 Å². The average molecular weight is 776 g/mol. The van der Waals surface area contributed by atoms with Gasteiger partial charge in [0.2, 0.25) is 0 Å². The number of aromatic nitrogens is 3. The Morgan fingerprint density at radius 1 is 0.213 bits per heavy atom. The summed E-state index contributed by atoms with van der Waals surface area (Å²) in [6, 6.07) is 80.5. The van der Waals surface area contributed by atoms with Crippen molar-refractivity contribution in [3.63, 3.8) is 0 Å². The molecule has 1 spiro atoms. The molecule has 12 rings (SSSR count). The van der Waals surface area contributed by atoms with Gasteiger partial charge in [0.25, 0.3) is 0 Å². The average Bonchev–Trinajstić information content (AvgIpc) is 3.59. The Labute approximate surface area is 355 Å². The number of hydrogen-bond donors (Lipinski definition) is 0. The number of nitrogens with zero attached hydrogens (tertiary/aromatic N) is 3. The van der Waals surface area contributed by atoms with Crippen LogP contribution in [0.1, 0.15) is 22.3 Å². The first-order valence-electron chi connectivity index (χ1n) is 20.9. The monoisotopic (exact) mass is 775 g/mol. The third-order valence-electron chi connectivity index (χ3n) is 12.6. The molecule has 3 nitrogen and oxygen atoms in total. The number of benzene rings is 9. The first kappa shape index (κ1) is 35.0. The molecule has 0 unspecified atom stereocenters. The molecule has 0 aliphatic heterocycles. The van der Waals surface area contributed by atoms with Gasteiger partial charge in [-0.2, -0.15) is 0 Å². The third-order valence-corrected chi connectivity index (χ3v) is 12.6. The van der Waals surface area contributed by atoms with E-state index in [2.05, 4.69) is 218 Å². The van der Waals surface area contributed by atoms with Crippen LogP contribution in [-0.2, 0) is 5.41 Å². The molecular formula is C58H37N3. The Balaban J connectivity index is 1.14. The van der Waals surface area contributed by atoms with Crippen LogP contribution in [0.2, 0.25) is 0 Å². The summed E-state index contributed by atoms with van der Waals surface area (Å²) in [5.41, 5.74) is 19.0. The van der Waals surface area contributed by atoms with E-state index in [-0.39, 0.29) is 0 Å². The van der Waals surface area contributed by atoms with E-state index in [4.69, 9.17) is 15.0 Å². The fourth-order valence-corrected chi connectivity index (χ4v) is 10.0. The van der Waals surface area contributed by atoms with Gasteiger partial charge >= 0.3 is 0 Å². The fraction of sp³-hybridized carbons (Fsp3) is 0.0172. The van der Waals surface area contributed by atoms with Gasteiger partial charge in [0.1, 0.15) is 0 Å². The SMILES string of the molecule is c1ccc(-c2ccc(-c3nc(-c4ccccc4-c4ccccc4)nc(-c4cccc5c4-c4ccccc4C54c5ccccc5-c5ccccc5-c5ccccc54)n3)cc2)cc1. The molecule has 0 fully saturated rings. The molecule has 2 aliphatic rings. The van der Waals surface area contributed by atoms with Crippen LogP contribution in [0.25, 0.3) is 89.8 Å². The summed E-state index contributed by atoms with van der Waals surface area (Å²) in [6.45, 7) is 0. The van der Waals surface area contributed by atoms with E-state index < -0.39 is 5.41 Å². The van der Waals surface area contributed by atoms with E-state index in [0.717, 1.165) is 38.9 Å². The largest absolute Gasteiger partial charge is 0.208 e. The number of hydrogen-bond acceptors (Lipinski definition) is 3. The van der Waals surface area contributed by atoms with Crippen LogP contribution in [0, 0.1) is 0 Å². The Morgan fingerprint density at radius 3 is 1.20 bits per heavy atom. The second kappa shape index (κ2) is 14.1. The van der Waals surface area contributed by atoms with E-state index >= 15 is 0 Å². The van der Waals surface area contributed by atoms with E-state index in [1.165, 1.54) is 55.6 Å². The van der Waals surface area contributed by atoms with Crippen LogP contribution in [0.4, 0.5) is 0 Å². The lowest BCUT2D eigenvalue weighted by atomic mass is 9.66. The molecule has 1 heterocycles. The predicted octanol–water partition coefficient (Wildman–Crippen LogP) is 14.2. The summed E-state index contributed by atoms with van der Waals surface area (Å²) in [7, 11) is 0. The van der Waals surface area contributed by atoms with Crippen molar-refractivity contribution in [3.05, 3.63) is 247 Å². The summed E-state index contributed by atoms with van der Waals surface area (Å²) in [4.78, 5) is 16.1. The highest BCUT2D eigenvalue weighted by molar-refractivity contribution is 6.00. The normalized spacial score (nSPS) is 12.7. The third kappa shape index (κ3) is 5.41. The van der Waals surface area contributed by atoms with Crippen molar-refractivity contribution >= 4 is 0 Å². The first-order valence-corrected chi connectivity index (χ1v) is 20.9. The fourth-order valence-electron chi connectivity index (χ4n) is 10.0. The van der Waals surface area contributed by atoms with Gasteiger partial charge in [0.15, 0.2) is 17.5 Å². The van der Waals surface area contributed by atoms with Crippen LogP contribution in [0.5, 0.6) is 0 Å². The van der Waals surface area contributed by atoms with Crippen molar-refractivity contribution in [1.29, 1.82) is 0 Å². The van der Waals surface area contributed by atoms with Crippen LogP contribution < -0.4 is 0 Å². The zero-order valence-corrected chi connectivity index (χ0v) is 33.2. The van der Waals surface area contributed by atoms with Gasteiger partial charge in [-0.05, 0) is 77.9 Å². The van der Waals surface area contributed by atoms with Gasteiger partial charge in [-0.3, -0.25) is 0 Å². The topological polar surface area (TPSA) is 38.7 Å². The maximum absolute atomic E-state index is 5.45. The van der Waals surface area contributed by atoms with Crippen LogP contribution in [0.3, 0.4) is 0 Å². The van der Waals surface area contributed by atoms with Crippen molar-refractivity contribution < 1.29 is 0 Å². The number of rotatable bonds is 5. The van der Waals surface area contributed by atoms with Crippen LogP contribution in [0.15, 0.2) is 224 Å². The van der Waals surface area contributed by atoms with Crippen molar-refractivity contribution in [2.45, 2.75) is 5.41 Å². The Hall–Kier alpha value is -8.01. The predicted molar refractivity (Wildman–Crippen MR) is 249 cm³/mol. The van der Waals surface area contributed by atoms with Gasteiger partial charge in [-0.15, -0.1) is 0 Å². The summed E-state index contributed by atoms with van der Waals surface area (Å²) in [5, 5.41) is 0. The van der Waals surface area contributed by atoms with E-state index in [9.17, 15) is 0 Å². The molecule has 0 amide bonds. The molecule has 1 aromatic heterocycles. The summed E-state index contributed by atoms with van der Waals surface area (Å²) in [6.07, 6.45) is 0. The molecule has 9 aromatic carbocycles. The maximum Gasteiger partial charge on any atom is 0.164 e. The molecule has 0 N–H and O–H groups in total. The first-order chi connectivity index (χ1) is 30.3. The Kier molecular flexibility index (Phi) is 8.07. The highest BCUT2D eigenvalue weighted by atomic mass is 15.0. The lowest BCUT2D eigenvalue weighted by Gasteiger charge is -2.35. The molecule has 0 saturated carbocycles. The lowest BCUT2D eigenvalue weighted by molar-refractivity contribution is 0.775. The molecule has 10 aromatic rings. The summed E-state index contributed by atoms with van der Waals surface area (Å²) in [5.74, 6) is 1.89. The lowest BCUT2D eigenvalue weighted by Crippen LogP contribution is -2.29. The molecule has 0 atom stereocenters. The van der Waals surface area contributed by atoms with Gasteiger partial charge in [-0.25, -0.2) is 15.0 Å². The molecule has 2 aliphatic carbocycles. The van der Waals surface area contributed by atoms with Gasteiger partial charge in [0, 0.05) is 16.7 Å². The van der Waals surface area contributed by atoms with Gasteiger partial charge in [-0.1, -0.05) is 224 Å². The molecule has 284 valence electrons. The van der Waals surface area contributed by atoms with E-state index in [0.29, 0.717) is 17.5 Å². The maximum atomic E-state index is 5.45. The molecule has 0 radical (unpaired) electrons. The van der Waals surface area contributed by atoms with Crippen molar-refractivity contribution in [2.24, 2.45) is 0 Å². The quantitative estimate of drug-likeness (QED) is 0.175. The van der Waals surface area contributed by atoms with Crippen molar-refractivity contribution in [1.82, 2.24) is 15.0 Å². The minimum absolute atomic E-state index is 0.611. The zero-order chi connectivity index (χ0) is 40.3.